The van der Waals surface area contributed by atoms with E-state index in [4.69, 9.17) is 0 Å². The maximum absolute atomic E-state index is 4.59. The fourth-order valence-corrected chi connectivity index (χ4v) is 1.67. The van der Waals surface area contributed by atoms with Gasteiger partial charge in [-0.15, -0.1) is 0 Å². The van der Waals surface area contributed by atoms with Crippen molar-refractivity contribution in [3.8, 4) is 0 Å². The topological polar surface area (TPSA) is 42.2 Å². The summed E-state index contributed by atoms with van der Waals surface area (Å²) in [5.41, 5.74) is 2.20. The summed E-state index contributed by atoms with van der Waals surface area (Å²) in [6.07, 6.45) is 4.76. The van der Waals surface area contributed by atoms with Crippen LogP contribution < -0.4 is 5.32 Å². The molecule has 0 radical (unpaired) electrons. The number of hydrogen-bond donors (Lipinski definition) is 1. The molecule has 0 spiro atoms. The molecule has 0 aliphatic rings. The Morgan fingerprint density at radius 3 is 2.76 bits per heavy atom. The Kier molecular flexibility index (Phi) is 3.05. The normalized spacial score (nSPS) is 12.0. The Bertz CT molecular complexity index is 508. The molecule has 0 bridgehead atoms. The maximum Gasteiger partial charge on any atom is 0.152 e. The van der Waals surface area contributed by atoms with Gasteiger partial charge in [-0.2, -0.15) is 5.10 Å². The van der Waals surface area contributed by atoms with Crippen LogP contribution in [-0.4, -0.2) is 21.1 Å². The molecule has 0 unspecified atom stereocenters. The smallest absolute Gasteiger partial charge is 0.152 e. The number of hydrogen-bond acceptors (Lipinski definition) is 3. The number of fused-ring (bicyclic) bond motifs is 1. The average molecular weight is 232 g/mol. The Morgan fingerprint density at radius 2 is 2.12 bits per heavy atom. The summed E-state index contributed by atoms with van der Waals surface area (Å²) < 4.78 is 1.89. The first kappa shape index (κ1) is 11.9. The van der Waals surface area contributed by atoms with E-state index < -0.39 is 0 Å². The summed E-state index contributed by atoms with van der Waals surface area (Å²) >= 11 is 0. The molecule has 0 aliphatic carbocycles. The molecular weight excluding hydrogens is 212 g/mol. The van der Waals surface area contributed by atoms with Crippen molar-refractivity contribution in [2.24, 2.45) is 0 Å². The lowest BCUT2D eigenvalue weighted by Crippen LogP contribution is -2.11. The lowest BCUT2D eigenvalue weighted by atomic mass is 9.92. The predicted octanol–water partition coefficient (Wildman–Crippen LogP) is 2.85. The van der Waals surface area contributed by atoms with E-state index in [1.807, 2.05) is 10.7 Å². The fraction of sp³-hybridized carbons (Fsp3) is 0.538. The molecular formula is C13H20N4. The number of nitrogens with one attached hydrogen (secondary N) is 1. The fourth-order valence-electron chi connectivity index (χ4n) is 1.67. The zero-order valence-corrected chi connectivity index (χ0v) is 11.0. The zero-order chi connectivity index (χ0) is 12.5. The first-order chi connectivity index (χ1) is 8.02. The summed E-state index contributed by atoms with van der Waals surface area (Å²) in [4.78, 5) is 4.37. The summed E-state index contributed by atoms with van der Waals surface area (Å²) in [6, 6.07) is 2.12. The van der Waals surface area contributed by atoms with E-state index >= 15 is 0 Å². The molecule has 0 fully saturated rings. The van der Waals surface area contributed by atoms with Crippen LogP contribution in [-0.2, 0) is 5.41 Å². The van der Waals surface area contributed by atoms with E-state index in [9.17, 15) is 0 Å². The van der Waals surface area contributed by atoms with E-state index in [2.05, 4.69) is 49.2 Å². The molecule has 2 rings (SSSR count). The minimum Gasteiger partial charge on any atom is -0.368 e. The molecule has 0 aliphatic heterocycles. The van der Waals surface area contributed by atoms with E-state index in [0.29, 0.717) is 0 Å². The lowest BCUT2D eigenvalue weighted by Gasteiger charge is -2.13. The summed E-state index contributed by atoms with van der Waals surface area (Å²) in [7, 11) is 0. The van der Waals surface area contributed by atoms with Gasteiger partial charge in [-0.25, -0.2) is 9.50 Å². The molecule has 1 N–H and O–H groups in total. The molecule has 0 saturated heterocycles. The van der Waals surface area contributed by atoms with Crippen LogP contribution in [0.3, 0.4) is 0 Å². The van der Waals surface area contributed by atoms with Gasteiger partial charge in [0.15, 0.2) is 5.82 Å². The standard InChI is InChI=1S/C13H20N4/c1-5-6-14-12-10-9-11(13(2,3)4)16-17(10)8-7-15-12/h7-9H,5-6H2,1-4H3,(H,14,15). The van der Waals surface area contributed by atoms with Gasteiger partial charge in [-0.3, -0.25) is 0 Å². The Balaban J connectivity index is 2.45. The molecule has 2 aromatic rings. The molecule has 0 atom stereocenters. The number of aromatic nitrogens is 3. The molecule has 2 heterocycles. The van der Waals surface area contributed by atoms with Gasteiger partial charge < -0.3 is 5.32 Å². The largest absolute Gasteiger partial charge is 0.368 e. The van der Waals surface area contributed by atoms with Gasteiger partial charge in [0.1, 0.15) is 5.52 Å². The van der Waals surface area contributed by atoms with Gasteiger partial charge in [0, 0.05) is 24.4 Å². The quantitative estimate of drug-likeness (QED) is 0.884. The molecule has 0 aromatic carbocycles. The molecule has 0 saturated carbocycles. The van der Waals surface area contributed by atoms with Crippen LogP contribution in [0.5, 0.6) is 0 Å². The molecule has 4 nitrogen and oxygen atoms in total. The first-order valence-corrected chi connectivity index (χ1v) is 6.11. The van der Waals surface area contributed by atoms with Crippen molar-refractivity contribution < 1.29 is 0 Å². The molecule has 2 aromatic heterocycles. The third-order valence-electron chi connectivity index (χ3n) is 2.70. The average Bonchev–Trinajstić information content (AvgIpc) is 2.70. The van der Waals surface area contributed by atoms with Crippen molar-refractivity contribution in [2.75, 3.05) is 11.9 Å². The third kappa shape index (κ3) is 2.40. The van der Waals surface area contributed by atoms with Crippen LogP contribution in [0.15, 0.2) is 18.5 Å². The SMILES string of the molecule is CCCNc1nccn2nc(C(C)(C)C)cc12. The maximum atomic E-state index is 4.59. The van der Waals surface area contributed by atoms with Crippen LogP contribution in [0.25, 0.3) is 5.52 Å². The van der Waals surface area contributed by atoms with Crippen LogP contribution in [0, 0.1) is 0 Å². The van der Waals surface area contributed by atoms with Crippen molar-refractivity contribution in [1.29, 1.82) is 0 Å². The zero-order valence-electron chi connectivity index (χ0n) is 11.0. The Hall–Kier alpha value is -1.58. The van der Waals surface area contributed by atoms with E-state index in [1.54, 1.807) is 6.20 Å². The number of anilines is 1. The highest BCUT2D eigenvalue weighted by Crippen LogP contribution is 2.24. The van der Waals surface area contributed by atoms with Gasteiger partial charge in [-0.1, -0.05) is 27.7 Å². The first-order valence-electron chi connectivity index (χ1n) is 6.11. The van der Waals surface area contributed by atoms with Crippen molar-refractivity contribution in [3.63, 3.8) is 0 Å². The molecule has 92 valence electrons. The highest BCUT2D eigenvalue weighted by Gasteiger charge is 2.18. The number of rotatable bonds is 3. The van der Waals surface area contributed by atoms with Crippen molar-refractivity contribution in [3.05, 3.63) is 24.2 Å². The minimum absolute atomic E-state index is 0.0635. The van der Waals surface area contributed by atoms with Gasteiger partial charge in [0.05, 0.1) is 5.69 Å². The third-order valence-corrected chi connectivity index (χ3v) is 2.70. The highest BCUT2D eigenvalue weighted by atomic mass is 15.2. The second kappa shape index (κ2) is 4.35. The van der Waals surface area contributed by atoms with Gasteiger partial charge in [0.2, 0.25) is 0 Å². The van der Waals surface area contributed by atoms with E-state index in [1.165, 1.54) is 0 Å². The van der Waals surface area contributed by atoms with Gasteiger partial charge >= 0.3 is 0 Å². The second-order valence-electron chi connectivity index (χ2n) is 5.31. The Morgan fingerprint density at radius 1 is 1.35 bits per heavy atom. The number of nitrogens with zero attached hydrogens (tertiary/aromatic N) is 3. The highest BCUT2D eigenvalue weighted by molar-refractivity contribution is 5.68. The van der Waals surface area contributed by atoms with Crippen molar-refractivity contribution in [1.82, 2.24) is 14.6 Å². The molecule has 0 amide bonds. The lowest BCUT2D eigenvalue weighted by molar-refractivity contribution is 0.562. The summed E-state index contributed by atoms with van der Waals surface area (Å²) in [5.74, 6) is 0.914. The van der Waals surface area contributed by atoms with E-state index in [-0.39, 0.29) is 5.41 Å². The Labute approximate surface area is 102 Å². The predicted molar refractivity (Wildman–Crippen MR) is 70.5 cm³/mol. The van der Waals surface area contributed by atoms with Gasteiger partial charge in [0.25, 0.3) is 0 Å². The van der Waals surface area contributed by atoms with Crippen LogP contribution in [0.4, 0.5) is 5.82 Å². The molecule has 4 heteroatoms. The minimum atomic E-state index is 0.0635. The van der Waals surface area contributed by atoms with Crippen LogP contribution >= 0.6 is 0 Å². The second-order valence-corrected chi connectivity index (χ2v) is 5.31. The summed E-state index contributed by atoms with van der Waals surface area (Å²) in [6.45, 7) is 9.58. The van der Waals surface area contributed by atoms with Gasteiger partial charge in [-0.05, 0) is 12.5 Å². The van der Waals surface area contributed by atoms with E-state index in [0.717, 1.165) is 30.0 Å². The monoisotopic (exact) mass is 232 g/mol. The van der Waals surface area contributed by atoms with Crippen LogP contribution in [0.2, 0.25) is 0 Å². The van der Waals surface area contributed by atoms with Crippen LogP contribution in [0.1, 0.15) is 39.8 Å². The summed E-state index contributed by atoms with van der Waals surface area (Å²) in [5, 5.41) is 7.92. The van der Waals surface area contributed by atoms with Crippen molar-refractivity contribution >= 4 is 11.3 Å². The molecule has 17 heavy (non-hydrogen) atoms. The van der Waals surface area contributed by atoms with Crippen molar-refractivity contribution in [2.45, 2.75) is 39.5 Å².